The summed E-state index contributed by atoms with van der Waals surface area (Å²) in [4.78, 5) is 30.1. The quantitative estimate of drug-likeness (QED) is 0.294. The first-order valence-electron chi connectivity index (χ1n) is 12.2. The van der Waals surface area contributed by atoms with Gasteiger partial charge in [0.2, 0.25) is 0 Å². The van der Waals surface area contributed by atoms with Gasteiger partial charge in [-0.3, -0.25) is 19.8 Å². The maximum absolute atomic E-state index is 13.5. The van der Waals surface area contributed by atoms with Crippen molar-refractivity contribution in [3.63, 3.8) is 0 Å². The number of amides is 2. The third-order valence-corrected chi connectivity index (χ3v) is 7.57. The zero-order valence-electron chi connectivity index (χ0n) is 20.9. The summed E-state index contributed by atoms with van der Waals surface area (Å²) in [5, 5.41) is 3.24. The average molecular weight is 510 g/mol. The minimum absolute atomic E-state index is 0.00854. The van der Waals surface area contributed by atoms with Crippen molar-refractivity contribution in [2.24, 2.45) is 0 Å². The van der Waals surface area contributed by atoms with E-state index in [1.165, 1.54) is 10.5 Å². The predicted octanol–water partition coefficient (Wildman–Crippen LogP) is 6.24. The maximum Gasteiger partial charge on any atom is 0.270 e. The molecule has 5 nitrogen and oxygen atoms in total. The molecule has 7 heteroatoms. The second kappa shape index (κ2) is 9.75. The van der Waals surface area contributed by atoms with Crippen molar-refractivity contribution in [2.75, 3.05) is 16.3 Å². The fraction of sp³-hybridized carbons (Fsp3) is 0.393. The number of anilines is 2. The lowest BCUT2D eigenvalue weighted by Crippen LogP contribution is -2.54. The number of hydrogen-bond acceptors (Lipinski definition) is 4. The first kappa shape index (κ1) is 25.4. The van der Waals surface area contributed by atoms with Crippen LogP contribution in [-0.2, 0) is 16.0 Å². The molecule has 1 N–H and O–H groups in total. The Morgan fingerprint density at radius 1 is 1.17 bits per heavy atom. The molecule has 2 aliphatic rings. The van der Waals surface area contributed by atoms with Crippen LogP contribution in [-0.4, -0.2) is 29.0 Å². The van der Waals surface area contributed by atoms with Gasteiger partial charge < -0.3 is 4.90 Å². The Balaban J connectivity index is 1.75. The highest BCUT2D eigenvalue weighted by molar-refractivity contribution is 7.80. The van der Waals surface area contributed by atoms with Gasteiger partial charge in [0.1, 0.15) is 5.57 Å². The summed E-state index contributed by atoms with van der Waals surface area (Å²) in [6.07, 6.45) is 4.52. The minimum atomic E-state index is -0.517. The average Bonchev–Trinajstić information content (AvgIpc) is 2.80. The van der Waals surface area contributed by atoms with E-state index in [0.29, 0.717) is 22.2 Å². The van der Waals surface area contributed by atoms with Gasteiger partial charge in [-0.2, -0.15) is 0 Å². The molecule has 35 heavy (non-hydrogen) atoms. The number of benzene rings is 2. The molecular formula is C28H32ClN3O2S. The number of fused-ring (bicyclic) bond motifs is 1. The number of carbonyl (C=O) groups is 2. The second-order valence-electron chi connectivity index (χ2n) is 9.98. The topological polar surface area (TPSA) is 52.7 Å². The number of hydrogen-bond donors (Lipinski definition) is 1. The Labute approximate surface area is 218 Å². The van der Waals surface area contributed by atoms with Gasteiger partial charge in [-0.25, -0.2) is 0 Å². The number of thiocarbonyl (C=S) groups is 1. The Morgan fingerprint density at radius 2 is 1.86 bits per heavy atom. The van der Waals surface area contributed by atoms with Crippen molar-refractivity contribution in [1.29, 1.82) is 0 Å². The number of rotatable bonds is 5. The number of halogens is 1. The zero-order chi connectivity index (χ0) is 25.5. The van der Waals surface area contributed by atoms with Gasteiger partial charge in [-0.1, -0.05) is 44.5 Å². The van der Waals surface area contributed by atoms with Gasteiger partial charge in [-0.15, -0.1) is 0 Å². The van der Waals surface area contributed by atoms with E-state index in [-0.39, 0.29) is 16.2 Å². The molecule has 0 bridgehead atoms. The van der Waals surface area contributed by atoms with Crippen molar-refractivity contribution >= 4 is 58.2 Å². The summed E-state index contributed by atoms with van der Waals surface area (Å²) in [6, 6.07) is 11.6. The minimum Gasteiger partial charge on any atom is -0.366 e. The molecule has 0 spiro atoms. The van der Waals surface area contributed by atoms with Crippen LogP contribution in [0.5, 0.6) is 0 Å². The number of nitrogens with one attached hydrogen (secondary N) is 1. The molecule has 1 unspecified atom stereocenters. The fourth-order valence-corrected chi connectivity index (χ4v) is 5.70. The Kier molecular flexibility index (Phi) is 7.07. The molecule has 2 aromatic rings. The lowest BCUT2D eigenvalue weighted by molar-refractivity contribution is -0.122. The molecule has 2 heterocycles. The first-order chi connectivity index (χ1) is 16.6. The van der Waals surface area contributed by atoms with Crippen LogP contribution < -0.4 is 15.1 Å². The van der Waals surface area contributed by atoms with Crippen LogP contribution >= 0.6 is 23.8 Å². The molecule has 2 amide bonds. The lowest BCUT2D eigenvalue weighted by atomic mass is 9.79. The Hall–Kier alpha value is -2.70. The summed E-state index contributed by atoms with van der Waals surface area (Å²) in [6.45, 7) is 11.9. The smallest absolute Gasteiger partial charge is 0.270 e. The monoisotopic (exact) mass is 509 g/mol. The van der Waals surface area contributed by atoms with Crippen molar-refractivity contribution in [2.45, 2.75) is 65.3 Å². The second-order valence-corrected chi connectivity index (χ2v) is 10.8. The van der Waals surface area contributed by atoms with E-state index >= 15 is 0 Å². The van der Waals surface area contributed by atoms with Crippen molar-refractivity contribution < 1.29 is 9.59 Å². The van der Waals surface area contributed by atoms with Gasteiger partial charge in [-0.05, 0) is 98.3 Å². The number of carbonyl (C=O) groups excluding carboxylic acids is 2. The van der Waals surface area contributed by atoms with E-state index in [4.69, 9.17) is 23.8 Å². The van der Waals surface area contributed by atoms with Gasteiger partial charge in [0.05, 0.1) is 5.69 Å². The van der Waals surface area contributed by atoms with E-state index in [2.05, 4.69) is 44.8 Å². The largest absolute Gasteiger partial charge is 0.366 e. The van der Waals surface area contributed by atoms with Gasteiger partial charge in [0.15, 0.2) is 5.11 Å². The molecule has 0 saturated carbocycles. The SMILES string of the molecule is CCCN1c2cc(Cl)c(/C=C3/C(=O)NC(=S)N(c4ccc(CC)cc4)C3=O)cc2C(C)CC1(C)C. The summed E-state index contributed by atoms with van der Waals surface area (Å²) < 4.78 is 0. The normalized spacial score (nSPS) is 20.8. The summed E-state index contributed by atoms with van der Waals surface area (Å²) >= 11 is 12.1. The Bertz CT molecular complexity index is 1220. The summed E-state index contributed by atoms with van der Waals surface area (Å²) in [5.41, 5.74) is 4.76. The molecule has 2 aliphatic heterocycles. The molecule has 1 saturated heterocycles. The van der Waals surface area contributed by atoms with E-state index in [0.717, 1.165) is 37.1 Å². The standard InChI is InChI=1S/C28H32ClN3O2S/c1-6-12-31-24-15-23(29)19(13-21(24)17(3)16-28(31,4)5)14-22-25(33)30-27(35)32(26(22)34)20-10-8-18(7-2)9-11-20/h8-11,13-15,17H,6-7,12,16H2,1-5H3,(H,30,33,35)/b22-14-. The lowest BCUT2D eigenvalue weighted by Gasteiger charge is -2.47. The van der Waals surface area contributed by atoms with Crippen LogP contribution in [0.2, 0.25) is 5.02 Å². The van der Waals surface area contributed by atoms with Crippen LogP contribution in [0.4, 0.5) is 11.4 Å². The van der Waals surface area contributed by atoms with Crippen molar-refractivity contribution in [3.8, 4) is 0 Å². The molecule has 4 rings (SSSR count). The molecular weight excluding hydrogens is 478 g/mol. The third kappa shape index (κ3) is 4.74. The first-order valence-corrected chi connectivity index (χ1v) is 13.0. The third-order valence-electron chi connectivity index (χ3n) is 6.96. The van der Waals surface area contributed by atoms with Gasteiger partial charge in [0.25, 0.3) is 11.8 Å². The molecule has 1 fully saturated rings. The van der Waals surface area contributed by atoms with Crippen LogP contribution in [0.15, 0.2) is 42.0 Å². The molecule has 184 valence electrons. The van der Waals surface area contributed by atoms with Gasteiger partial charge >= 0.3 is 0 Å². The maximum atomic E-state index is 13.5. The van der Waals surface area contributed by atoms with E-state index in [1.54, 1.807) is 6.08 Å². The highest BCUT2D eigenvalue weighted by Gasteiger charge is 2.37. The number of nitrogens with zero attached hydrogens (tertiary/aromatic N) is 2. The molecule has 2 aromatic carbocycles. The molecule has 0 radical (unpaired) electrons. The molecule has 1 atom stereocenters. The Morgan fingerprint density at radius 3 is 2.49 bits per heavy atom. The highest BCUT2D eigenvalue weighted by Crippen LogP contribution is 2.45. The van der Waals surface area contributed by atoms with Crippen molar-refractivity contribution in [3.05, 3.63) is 63.7 Å². The predicted molar refractivity (Wildman–Crippen MR) is 148 cm³/mol. The molecule has 0 aromatic heterocycles. The van der Waals surface area contributed by atoms with Crippen molar-refractivity contribution in [1.82, 2.24) is 5.32 Å². The summed E-state index contributed by atoms with van der Waals surface area (Å²) in [7, 11) is 0. The van der Waals surface area contributed by atoms with E-state index < -0.39 is 11.8 Å². The van der Waals surface area contributed by atoms with Crippen LogP contribution in [0.3, 0.4) is 0 Å². The van der Waals surface area contributed by atoms with Crippen LogP contribution in [0, 0.1) is 0 Å². The summed E-state index contributed by atoms with van der Waals surface area (Å²) in [5.74, 6) is -0.657. The van der Waals surface area contributed by atoms with E-state index in [1.807, 2.05) is 36.4 Å². The molecule has 0 aliphatic carbocycles. The van der Waals surface area contributed by atoms with Crippen LogP contribution in [0.25, 0.3) is 6.08 Å². The van der Waals surface area contributed by atoms with E-state index in [9.17, 15) is 9.59 Å². The van der Waals surface area contributed by atoms with Gasteiger partial charge in [0, 0.05) is 22.8 Å². The van der Waals surface area contributed by atoms with Crippen LogP contribution in [0.1, 0.15) is 70.1 Å². The fourth-order valence-electron chi connectivity index (χ4n) is 5.21. The number of aryl methyl sites for hydroxylation is 1. The highest BCUT2D eigenvalue weighted by atomic mass is 35.5. The zero-order valence-corrected chi connectivity index (χ0v) is 22.5.